The second-order valence-corrected chi connectivity index (χ2v) is 5.81. The average molecular weight is 289 g/mol. The standard InChI is InChI=1S/C16H23N3S/c1-4-19(5-2)15(13-8-6-12(3)7-9-13)16-18-14(10-17)11-20-16/h6-9,11,15H,4-5,10,17H2,1-3H3. The van der Waals surface area contributed by atoms with Gasteiger partial charge in [0.1, 0.15) is 5.01 Å². The summed E-state index contributed by atoms with van der Waals surface area (Å²) in [6.45, 7) is 9.03. The molecule has 2 N–H and O–H groups in total. The zero-order valence-corrected chi connectivity index (χ0v) is 13.3. The first kappa shape index (κ1) is 15.2. The van der Waals surface area contributed by atoms with E-state index in [9.17, 15) is 0 Å². The molecule has 1 unspecified atom stereocenters. The van der Waals surface area contributed by atoms with Gasteiger partial charge >= 0.3 is 0 Å². The van der Waals surface area contributed by atoms with Crippen molar-refractivity contribution in [2.24, 2.45) is 5.73 Å². The number of nitrogens with zero attached hydrogens (tertiary/aromatic N) is 2. The van der Waals surface area contributed by atoms with Gasteiger partial charge in [0, 0.05) is 11.9 Å². The molecule has 0 radical (unpaired) electrons. The highest BCUT2D eigenvalue weighted by Crippen LogP contribution is 2.30. The normalized spacial score (nSPS) is 12.8. The topological polar surface area (TPSA) is 42.2 Å². The molecule has 1 atom stereocenters. The molecule has 2 rings (SSSR count). The number of hydrogen-bond donors (Lipinski definition) is 1. The predicted molar refractivity (Wildman–Crippen MR) is 85.9 cm³/mol. The van der Waals surface area contributed by atoms with Gasteiger partial charge in [0.25, 0.3) is 0 Å². The summed E-state index contributed by atoms with van der Waals surface area (Å²) in [5.41, 5.74) is 9.26. The van der Waals surface area contributed by atoms with Gasteiger partial charge in [-0.25, -0.2) is 4.98 Å². The Labute approximate surface area is 125 Å². The van der Waals surface area contributed by atoms with Gasteiger partial charge in [-0.1, -0.05) is 43.7 Å². The molecule has 0 aliphatic rings. The molecule has 0 amide bonds. The van der Waals surface area contributed by atoms with Crippen molar-refractivity contribution in [3.63, 3.8) is 0 Å². The third kappa shape index (κ3) is 3.26. The molecule has 1 heterocycles. The van der Waals surface area contributed by atoms with Crippen LogP contribution in [-0.2, 0) is 6.54 Å². The number of rotatable bonds is 6. The van der Waals surface area contributed by atoms with E-state index in [2.05, 4.69) is 55.3 Å². The number of benzene rings is 1. The minimum Gasteiger partial charge on any atom is -0.325 e. The predicted octanol–water partition coefficient (Wildman–Crippen LogP) is 3.34. The van der Waals surface area contributed by atoms with Crippen molar-refractivity contribution in [3.8, 4) is 0 Å². The van der Waals surface area contributed by atoms with Crippen LogP contribution in [0.2, 0.25) is 0 Å². The number of hydrogen-bond acceptors (Lipinski definition) is 4. The van der Waals surface area contributed by atoms with Crippen LogP contribution in [0.15, 0.2) is 29.6 Å². The highest BCUT2D eigenvalue weighted by atomic mass is 32.1. The van der Waals surface area contributed by atoms with Crippen molar-refractivity contribution in [2.45, 2.75) is 33.4 Å². The van der Waals surface area contributed by atoms with Gasteiger partial charge in [-0.3, -0.25) is 4.90 Å². The molecule has 0 fully saturated rings. The first-order chi connectivity index (χ1) is 9.69. The largest absolute Gasteiger partial charge is 0.325 e. The first-order valence-corrected chi connectivity index (χ1v) is 8.02. The Hall–Kier alpha value is -1.23. The second kappa shape index (κ2) is 6.97. The molecule has 0 saturated heterocycles. The minimum atomic E-state index is 0.232. The zero-order chi connectivity index (χ0) is 14.5. The van der Waals surface area contributed by atoms with Crippen LogP contribution in [0.3, 0.4) is 0 Å². The highest BCUT2D eigenvalue weighted by Gasteiger charge is 2.23. The Morgan fingerprint density at radius 3 is 2.35 bits per heavy atom. The smallest absolute Gasteiger partial charge is 0.115 e. The van der Waals surface area contributed by atoms with E-state index >= 15 is 0 Å². The summed E-state index contributed by atoms with van der Waals surface area (Å²) in [7, 11) is 0. The maximum Gasteiger partial charge on any atom is 0.115 e. The quantitative estimate of drug-likeness (QED) is 0.887. The Morgan fingerprint density at radius 2 is 1.85 bits per heavy atom. The molecule has 20 heavy (non-hydrogen) atoms. The van der Waals surface area contributed by atoms with E-state index in [0.717, 1.165) is 23.8 Å². The van der Waals surface area contributed by atoms with Gasteiger partial charge in [0.2, 0.25) is 0 Å². The maximum atomic E-state index is 5.69. The van der Waals surface area contributed by atoms with E-state index in [-0.39, 0.29) is 6.04 Å². The molecule has 1 aromatic carbocycles. The fourth-order valence-corrected chi connectivity index (χ4v) is 3.38. The molecule has 2 aromatic rings. The lowest BCUT2D eigenvalue weighted by Gasteiger charge is -2.28. The molecule has 3 nitrogen and oxygen atoms in total. The third-order valence-corrected chi connectivity index (χ3v) is 4.53. The lowest BCUT2D eigenvalue weighted by Crippen LogP contribution is -2.29. The molecule has 0 aliphatic heterocycles. The van der Waals surface area contributed by atoms with Crippen LogP contribution < -0.4 is 5.73 Å². The summed E-state index contributed by atoms with van der Waals surface area (Å²) in [6.07, 6.45) is 0. The minimum absolute atomic E-state index is 0.232. The van der Waals surface area contributed by atoms with Crippen LogP contribution in [-0.4, -0.2) is 23.0 Å². The number of aromatic nitrogens is 1. The van der Waals surface area contributed by atoms with E-state index in [4.69, 9.17) is 10.7 Å². The van der Waals surface area contributed by atoms with Crippen molar-refractivity contribution in [1.82, 2.24) is 9.88 Å². The Balaban J connectivity index is 2.40. The van der Waals surface area contributed by atoms with Gasteiger partial charge < -0.3 is 5.73 Å². The summed E-state index contributed by atoms with van der Waals surface area (Å²) in [5.74, 6) is 0. The summed E-state index contributed by atoms with van der Waals surface area (Å²) in [5, 5.41) is 3.21. The number of nitrogens with two attached hydrogens (primary N) is 1. The van der Waals surface area contributed by atoms with Crippen LogP contribution in [0.25, 0.3) is 0 Å². The third-order valence-electron chi connectivity index (χ3n) is 3.58. The molecular formula is C16H23N3S. The van der Waals surface area contributed by atoms with Crippen LogP contribution in [0.4, 0.5) is 0 Å². The Kier molecular flexibility index (Phi) is 5.29. The van der Waals surface area contributed by atoms with Gasteiger partial charge in [0.05, 0.1) is 11.7 Å². The summed E-state index contributed by atoms with van der Waals surface area (Å²) >= 11 is 1.71. The van der Waals surface area contributed by atoms with E-state index < -0.39 is 0 Å². The van der Waals surface area contributed by atoms with Crippen LogP contribution in [0.5, 0.6) is 0 Å². The number of thiazole rings is 1. The Morgan fingerprint density at radius 1 is 1.20 bits per heavy atom. The zero-order valence-electron chi connectivity index (χ0n) is 12.5. The average Bonchev–Trinajstić information content (AvgIpc) is 2.94. The molecule has 0 aliphatic carbocycles. The highest BCUT2D eigenvalue weighted by molar-refractivity contribution is 7.09. The lowest BCUT2D eigenvalue weighted by atomic mass is 10.0. The van der Waals surface area contributed by atoms with Crippen molar-refractivity contribution in [1.29, 1.82) is 0 Å². The molecular weight excluding hydrogens is 266 g/mol. The summed E-state index contributed by atoms with van der Waals surface area (Å²) < 4.78 is 0. The number of aryl methyl sites for hydroxylation is 1. The molecule has 1 aromatic heterocycles. The van der Waals surface area contributed by atoms with Gasteiger partial charge in [-0.05, 0) is 25.6 Å². The van der Waals surface area contributed by atoms with Gasteiger partial charge in [-0.2, -0.15) is 0 Å². The SMILES string of the molecule is CCN(CC)C(c1ccc(C)cc1)c1nc(CN)cs1. The van der Waals surface area contributed by atoms with E-state index in [1.807, 2.05) is 0 Å². The maximum absolute atomic E-state index is 5.69. The second-order valence-electron chi connectivity index (χ2n) is 4.92. The van der Waals surface area contributed by atoms with E-state index in [1.54, 1.807) is 11.3 Å². The van der Waals surface area contributed by atoms with Gasteiger partial charge in [-0.15, -0.1) is 11.3 Å². The first-order valence-electron chi connectivity index (χ1n) is 7.14. The fourth-order valence-electron chi connectivity index (χ4n) is 2.39. The van der Waals surface area contributed by atoms with Gasteiger partial charge in [0.15, 0.2) is 0 Å². The summed E-state index contributed by atoms with van der Waals surface area (Å²) in [6, 6.07) is 8.99. The van der Waals surface area contributed by atoms with Crippen molar-refractivity contribution in [2.75, 3.05) is 13.1 Å². The van der Waals surface area contributed by atoms with Crippen LogP contribution in [0, 0.1) is 6.92 Å². The van der Waals surface area contributed by atoms with E-state index in [1.165, 1.54) is 11.1 Å². The van der Waals surface area contributed by atoms with Crippen molar-refractivity contribution in [3.05, 3.63) is 51.5 Å². The molecule has 108 valence electrons. The van der Waals surface area contributed by atoms with Crippen LogP contribution >= 0.6 is 11.3 Å². The Bertz CT molecular complexity index is 529. The molecule has 0 spiro atoms. The monoisotopic (exact) mass is 289 g/mol. The molecule has 0 bridgehead atoms. The van der Waals surface area contributed by atoms with E-state index in [0.29, 0.717) is 6.54 Å². The summed E-state index contributed by atoms with van der Waals surface area (Å²) in [4.78, 5) is 7.13. The van der Waals surface area contributed by atoms with Crippen molar-refractivity contribution >= 4 is 11.3 Å². The van der Waals surface area contributed by atoms with Crippen LogP contribution in [0.1, 0.15) is 41.7 Å². The fraction of sp³-hybridized carbons (Fsp3) is 0.438. The molecule has 0 saturated carbocycles. The lowest BCUT2D eigenvalue weighted by molar-refractivity contribution is 0.250. The molecule has 4 heteroatoms. The van der Waals surface area contributed by atoms with Crippen molar-refractivity contribution < 1.29 is 0 Å².